The largest absolute Gasteiger partial charge is 0.313 e. The Morgan fingerprint density at radius 3 is 2.29 bits per heavy atom. The van der Waals surface area contributed by atoms with Gasteiger partial charge in [0.1, 0.15) is 0 Å². The average molecular weight is 294 g/mol. The third kappa shape index (κ3) is 4.47. The van der Waals surface area contributed by atoms with Crippen LogP contribution < -0.4 is 5.32 Å². The molecular weight excluding hydrogens is 254 g/mol. The summed E-state index contributed by atoms with van der Waals surface area (Å²) >= 11 is 0. The van der Waals surface area contributed by atoms with Gasteiger partial charge in [0.15, 0.2) is 0 Å². The van der Waals surface area contributed by atoms with Crippen molar-refractivity contribution in [2.24, 2.45) is 23.2 Å². The molecule has 0 aromatic rings. The summed E-state index contributed by atoms with van der Waals surface area (Å²) in [7, 11) is 0. The highest BCUT2D eigenvalue weighted by molar-refractivity contribution is 4.94. The zero-order chi connectivity index (χ0) is 15.3. The molecule has 2 aliphatic carbocycles. The first-order valence-electron chi connectivity index (χ1n) is 9.81. The van der Waals surface area contributed by atoms with Crippen molar-refractivity contribution in [3.05, 3.63) is 0 Å². The van der Waals surface area contributed by atoms with E-state index in [0.717, 1.165) is 23.8 Å². The minimum Gasteiger partial charge on any atom is -0.313 e. The summed E-state index contributed by atoms with van der Waals surface area (Å²) in [6, 6.07) is 0.790. The molecule has 0 radical (unpaired) electrons. The van der Waals surface area contributed by atoms with Crippen LogP contribution in [0.3, 0.4) is 0 Å². The number of nitrogens with one attached hydrogen (secondary N) is 1. The Labute approximate surface area is 133 Å². The number of rotatable bonds is 6. The predicted octanol–water partition coefficient (Wildman–Crippen LogP) is 5.79. The second kappa shape index (κ2) is 7.99. The van der Waals surface area contributed by atoms with Gasteiger partial charge in [-0.3, -0.25) is 0 Å². The quantitative estimate of drug-likeness (QED) is 0.654. The molecule has 2 saturated carbocycles. The van der Waals surface area contributed by atoms with Crippen LogP contribution in [0.5, 0.6) is 0 Å². The Kier molecular flexibility index (Phi) is 6.59. The van der Waals surface area contributed by atoms with Crippen molar-refractivity contribution in [2.75, 3.05) is 6.54 Å². The summed E-state index contributed by atoms with van der Waals surface area (Å²) in [5, 5.41) is 4.00. The lowest BCUT2D eigenvalue weighted by Gasteiger charge is -2.47. The van der Waals surface area contributed by atoms with Crippen molar-refractivity contribution in [1.82, 2.24) is 5.32 Å². The van der Waals surface area contributed by atoms with Crippen molar-refractivity contribution in [3.8, 4) is 0 Å². The highest BCUT2D eigenvalue weighted by atomic mass is 14.9. The lowest BCUT2D eigenvalue weighted by atomic mass is 9.61. The van der Waals surface area contributed by atoms with E-state index >= 15 is 0 Å². The van der Waals surface area contributed by atoms with Gasteiger partial charge in [-0.1, -0.05) is 59.8 Å². The molecule has 2 unspecified atom stereocenters. The van der Waals surface area contributed by atoms with Crippen LogP contribution in [0.4, 0.5) is 0 Å². The van der Waals surface area contributed by atoms with Crippen LogP contribution in [0.1, 0.15) is 91.9 Å². The summed E-state index contributed by atoms with van der Waals surface area (Å²) in [6.45, 7) is 11.0. The predicted molar refractivity (Wildman–Crippen MR) is 93.6 cm³/mol. The first kappa shape index (κ1) is 17.3. The monoisotopic (exact) mass is 293 g/mol. The molecule has 0 bridgehead atoms. The summed E-state index contributed by atoms with van der Waals surface area (Å²) in [5.74, 6) is 2.87. The van der Waals surface area contributed by atoms with Gasteiger partial charge in [-0.15, -0.1) is 0 Å². The first-order valence-corrected chi connectivity index (χ1v) is 9.81. The van der Waals surface area contributed by atoms with E-state index < -0.39 is 0 Å². The molecule has 2 rings (SSSR count). The van der Waals surface area contributed by atoms with Crippen LogP contribution in [0, 0.1) is 23.2 Å². The average Bonchev–Trinajstić information content (AvgIpc) is 2.49. The molecule has 1 nitrogen and oxygen atoms in total. The van der Waals surface area contributed by atoms with Gasteiger partial charge in [0, 0.05) is 6.04 Å². The van der Waals surface area contributed by atoms with Gasteiger partial charge in [-0.2, -0.15) is 0 Å². The van der Waals surface area contributed by atoms with Gasteiger partial charge in [0.25, 0.3) is 0 Å². The lowest BCUT2D eigenvalue weighted by Crippen LogP contribution is -2.50. The molecule has 2 fully saturated rings. The summed E-state index contributed by atoms with van der Waals surface area (Å²) < 4.78 is 0. The SMILES string of the molecule is CCCNC(C1CCC(CC)CC1)C1CCCCC1(C)C. The van der Waals surface area contributed by atoms with E-state index in [2.05, 4.69) is 33.0 Å². The van der Waals surface area contributed by atoms with E-state index in [1.165, 1.54) is 70.8 Å². The molecule has 0 aromatic carbocycles. The highest BCUT2D eigenvalue weighted by Gasteiger charge is 2.41. The first-order chi connectivity index (χ1) is 10.1. The molecule has 1 N–H and O–H groups in total. The Hall–Kier alpha value is -0.0400. The molecule has 0 saturated heterocycles. The topological polar surface area (TPSA) is 12.0 Å². The van der Waals surface area contributed by atoms with Gasteiger partial charge in [-0.05, 0) is 61.8 Å². The van der Waals surface area contributed by atoms with Gasteiger partial charge >= 0.3 is 0 Å². The van der Waals surface area contributed by atoms with Crippen LogP contribution in [0.15, 0.2) is 0 Å². The highest BCUT2D eigenvalue weighted by Crippen LogP contribution is 2.46. The second-order valence-electron chi connectivity index (χ2n) is 8.51. The van der Waals surface area contributed by atoms with Crippen LogP contribution in [0.2, 0.25) is 0 Å². The number of hydrogen-bond donors (Lipinski definition) is 1. The van der Waals surface area contributed by atoms with Gasteiger partial charge < -0.3 is 5.32 Å². The molecule has 2 aliphatic rings. The summed E-state index contributed by atoms with van der Waals surface area (Å²) in [6.07, 6.45) is 14.4. The maximum absolute atomic E-state index is 4.00. The minimum absolute atomic E-state index is 0.547. The second-order valence-corrected chi connectivity index (χ2v) is 8.51. The van der Waals surface area contributed by atoms with Gasteiger partial charge in [0.2, 0.25) is 0 Å². The fourth-order valence-electron chi connectivity index (χ4n) is 5.09. The molecule has 0 amide bonds. The van der Waals surface area contributed by atoms with Gasteiger partial charge in [0.05, 0.1) is 0 Å². The maximum Gasteiger partial charge on any atom is 0.0129 e. The molecule has 21 heavy (non-hydrogen) atoms. The molecule has 0 aliphatic heterocycles. The number of hydrogen-bond acceptors (Lipinski definition) is 1. The van der Waals surface area contributed by atoms with Crippen molar-refractivity contribution in [3.63, 3.8) is 0 Å². The Bertz CT molecular complexity index is 288. The third-order valence-electron chi connectivity index (χ3n) is 6.63. The normalized spacial score (nSPS) is 34.6. The Morgan fingerprint density at radius 1 is 1.00 bits per heavy atom. The molecule has 124 valence electrons. The van der Waals surface area contributed by atoms with Crippen LogP contribution in [0.25, 0.3) is 0 Å². The lowest BCUT2D eigenvalue weighted by molar-refractivity contribution is 0.0574. The van der Waals surface area contributed by atoms with Crippen LogP contribution in [-0.4, -0.2) is 12.6 Å². The Balaban J connectivity index is 2.03. The van der Waals surface area contributed by atoms with E-state index in [1.807, 2.05) is 0 Å². The van der Waals surface area contributed by atoms with Crippen molar-refractivity contribution >= 4 is 0 Å². The maximum atomic E-state index is 4.00. The minimum atomic E-state index is 0.547. The van der Waals surface area contributed by atoms with E-state index in [-0.39, 0.29) is 0 Å². The third-order valence-corrected chi connectivity index (χ3v) is 6.63. The summed E-state index contributed by atoms with van der Waals surface area (Å²) in [5.41, 5.74) is 0.547. The Morgan fingerprint density at radius 2 is 1.71 bits per heavy atom. The summed E-state index contributed by atoms with van der Waals surface area (Å²) in [4.78, 5) is 0. The molecule has 1 heteroatoms. The van der Waals surface area contributed by atoms with E-state index in [4.69, 9.17) is 0 Å². The molecule has 0 heterocycles. The zero-order valence-electron chi connectivity index (χ0n) is 15.1. The smallest absolute Gasteiger partial charge is 0.0129 e. The molecule has 0 spiro atoms. The van der Waals surface area contributed by atoms with E-state index in [9.17, 15) is 0 Å². The fraction of sp³-hybridized carbons (Fsp3) is 1.00. The molecule has 2 atom stereocenters. The van der Waals surface area contributed by atoms with Crippen molar-refractivity contribution < 1.29 is 0 Å². The van der Waals surface area contributed by atoms with Crippen molar-refractivity contribution in [2.45, 2.75) is 97.9 Å². The molecular formula is C20H39N. The van der Waals surface area contributed by atoms with Crippen LogP contribution in [-0.2, 0) is 0 Å². The molecule has 0 aromatic heterocycles. The zero-order valence-corrected chi connectivity index (χ0v) is 15.1. The van der Waals surface area contributed by atoms with E-state index in [1.54, 1.807) is 0 Å². The van der Waals surface area contributed by atoms with Gasteiger partial charge in [-0.25, -0.2) is 0 Å². The van der Waals surface area contributed by atoms with E-state index in [0.29, 0.717) is 5.41 Å². The standard InChI is InChI=1S/C20H39N/c1-5-15-21-19(17-12-10-16(6-2)11-13-17)18-9-7-8-14-20(18,3)4/h16-19,21H,5-15H2,1-4H3. The fourth-order valence-corrected chi connectivity index (χ4v) is 5.09. The van der Waals surface area contributed by atoms with Crippen LogP contribution >= 0.6 is 0 Å². The van der Waals surface area contributed by atoms with Crippen molar-refractivity contribution in [1.29, 1.82) is 0 Å².